The average molecular weight is 324 g/mol. The summed E-state index contributed by atoms with van der Waals surface area (Å²) < 4.78 is 31.1. The highest BCUT2D eigenvalue weighted by Gasteiger charge is 2.03. The highest BCUT2D eigenvalue weighted by molar-refractivity contribution is 5.66. The van der Waals surface area contributed by atoms with Crippen molar-refractivity contribution < 1.29 is 38.3 Å². The SMILES string of the molecule is COC(CCOCCOCCOCCOCCC(=O)O)OC. The molecule has 0 aliphatic carbocycles. The molecule has 0 saturated carbocycles. The summed E-state index contributed by atoms with van der Waals surface area (Å²) in [7, 11) is 3.18. The fraction of sp³-hybridized carbons (Fsp3) is 0.929. The molecule has 8 heteroatoms. The first-order valence-corrected chi connectivity index (χ1v) is 7.29. The molecule has 132 valence electrons. The van der Waals surface area contributed by atoms with Crippen molar-refractivity contribution >= 4 is 5.97 Å². The molecule has 0 atom stereocenters. The van der Waals surface area contributed by atoms with Gasteiger partial charge in [-0.25, -0.2) is 0 Å². The highest BCUT2D eigenvalue weighted by atomic mass is 16.7. The van der Waals surface area contributed by atoms with Gasteiger partial charge in [0.1, 0.15) is 0 Å². The smallest absolute Gasteiger partial charge is 0.305 e. The van der Waals surface area contributed by atoms with E-state index in [1.165, 1.54) is 0 Å². The van der Waals surface area contributed by atoms with E-state index in [1.54, 1.807) is 14.2 Å². The van der Waals surface area contributed by atoms with E-state index in [9.17, 15) is 4.79 Å². The van der Waals surface area contributed by atoms with Crippen LogP contribution in [0.5, 0.6) is 0 Å². The lowest BCUT2D eigenvalue weighted by Gasteiger charge is -2.13. The van der Waals surface area contributed by atoms with Crippen molar-refractivity contribution in [2.45, 2.75) is 19.1 Å². The Bertz CT molecular complexity index is 245. The Labute approximate surface area is 131 Å². The summed E-state index contributed by atoms with van der Waals surface area (Å²) in [6.07, 6.45) is 0.461. The van der Waals surface area contributed by atoms with Gasteiger partial charge in [0.2, 0.25) is 0 Å². The largest absolute Gasteiger partial charge is 0.481 e. The molecule has 0 rings (SSSR count). The maximum absolute atomic E-state index is 10.2. The Kier molecular flexibility index (Phi) is 16.0. The molecule has 0 aromatic heterocycles. The molecule has 8 nitrogen and oxygen atoms in total. The second-order valence-corrected chi connectivity index (χ2v) is 4.28. The van der Waals surface area contributed by atoms with Crippen LogP contribution in [0.25, 0.3) is 0 Å². The minimum atomic E-state index is -0.864. The maximum atomic E-state index is 10.2. The zero-order chi connectivity index (χ0) is 16.5. The first-order chi connectivity index (χ1) is 10.7. The number of hydrogen-bond acceptors (Lipinski definition) is 7. The predicted octanol–water partition coefficient (Wildman–Crippen LogP) is 0.537. The van der Waals surface area contributed by atoms with Crippen LogP contribution in [0.2, 0.25) is 0 Å². The molecule has 0 unspecified atom stereocenters. The van der Waals surface area contributed by atoms with Gasteiger partial charge >= 0.3 is 5.97 Å². The molecular formula is C14H28O8. The minimum Gasteiger partial charge on any atom is -0.481 e. The topological polar surface area (TPSA) is 92.7 Å². The van der Waals surface area contributed by atoms with Gasteiger partial charge in [0, 0.05) is 20.6 Å². The fourth-order valence-electron chi connectivity index (χ4n) is 1.43. The van der Waals surface area contributed by atoms with Gasteiger partial charge in [-0.2, -0.15) is 0 Å². The molecule has 0 bridgehead atoms. The zero-order valence-corrected chi connectivity index (χ0v) is 13.5. The predicted molar refractivity (Wildman–Crippen MR) is 78.0 cm³/mol. The Morgan fingerprint density at radius 3 is 1.59 bits per heavy atom. The number of aliphatic carboxylic acids is 1. The van der Waals surface area contributed by atoms with Gasteiger partial charge < -0.3 is 33.5 Å². The van der Waals surface area contributed by atoms with Crippen LogP contribution in [0.3, 0.4) is 0 Å². The van der Waals surface area contributed by atoms with Crippen molar-refractivity contribution in [2.75, 3.05) is 67.1 Å². The summed E-state index contributed by atoms with van der Waals surface area (Å²) >= 11 is 0. The average Bonchev–Trinajstić information content (AvgIpc) is 2.51. The van der Waals surface area contributed by atoms with E-state index < -0.39 is 5.97 Å². The van der Waals surface area contributed by atoms with Crippen LogP contribution >= 0.6 is 0 Å². The van der Waals surface area contributed by atoms with E-state index in [1.807, 2.05) is 0 Å². The standard InChI is InChI=1S/C14H28O8/c1-17-14(18-2)4-6-20-8-10-22-12-11-21-9-7-19-5-3-13(15)16/h14H,3-12H2,1-2H3,(H,15,16). The van der Waals surface area contributed by atoms with E-state index in [4.69, 9.17) is 33.5 Å². The van der Waals surface area contributed by atoms with Crippen molar-refractivity contribution in [3.05, 3.63) is 0 Å². The molecule has 0 heterocycles. The molecule has 0 aliphatic rings. The van der Waals surface area contributed by atoms with Crippen molar-refractivity contribution in [1.82, 2.24) is 0 Å². The molecule has 0 amide bonds. The summed E-state index contributed by atoms with van der Waals surface area (Å²) in [5.41, 5.74) is 0. The number of methoxy groups -OCH3 is 2. The summed E-state index contributed by atoms with van der Waals surface area (Å²) in [6, 6.07) is 0. The van der Waals surface area contributed by atoms with Crippen LogP contribution in [-0.4, -0.2) is 84.4 Å². The van der Waals surface area contributed by atoms with Crippen molar-refractivity contribution in [3.8, 4) is 0 Å². The first kappa shape index (κ1) is 21.2. The number of hydrogen-bond donors (Lipinski definition) is 1. The maximum Gasteiger partial charge on any atom is 0.305 e. The number of ether oxygens (including phenoxy) is 6. The Balaban J connectivity index is 3.07. The van der Waals surface area contributed by atoms with Gasteiger partial charge in [0.05, 0.1) is 59.3 Å². The molecule has 0 aromatic carbocycles. The molecular weight excluding hydrogens is 296 g/mol. The molecule has 1 N–H and O–H groups in total. The second kappa shape index (κ2) is 16.6. The molecule has 0 radical (unpaired) electrons. The first-order valence-electron chi connectivity index (χ1n) is 7.29. The van der Waals surface area contributed by atoms with Gasteiger partial charge in [-0.05, 0) is 0 Å². The highest BCUT2D eigenvalue weighted by Crippen LogP contribution is 1.97. The normalized spacial score (nSPS) is 11.2. The minimum absolute atomic E-state index is 0.0125. The summed E-state index contributed by atoms with van der Waals surface area (Å²) in [5.74, 6) is -0.864. The number of carboxylic acids is 1. The molecule has 22 heavy (non-hydrogen) atoms. The molecule has 0 spiro atoms. The lowest BCUT2D eigenvalue weighted by atomic mass is 10.4. The second-order valence-electron chi connectivity index (χ2n) is 4.28. The number of carbonyl (C=O) groups is 1. The summed E-state index contributed by atoms with van der Waals surface area (Å²) in [5, 5.41) is 8.39. The van der Waals surface area contributed by atoms with Crippen LogP contribution in [0, 0.1) is 0 Å². The van der Waals surface area contributed by atoms with Crippen molar-refractivity contribution in [3.63, 3.8) is 0 Å². The van der Waals surface area contributed by atoms with Gasteiger partial charge in [-0.3, -0.25) is 4.79 Å². The van der Waals surface area contributed by atoms with Crippen molar-refractivity contribution in [2.24, 2.45) is 0 Å². The van der Waals surface area contributed by atoms with Crippen LogP contribution in [-0.2, 0) is 33.2 Å². The van der Waals surface area contributed by atoms with Crippen LogP contribution < -0.4 is 0 Å². The third kappa shape index (κ3) is 15.6. The van der Waals surface area contributed by atoms with Gasteiger partial charge in [-0.15, -0.1) is 0 Å². The van der Waals surface area contributed by atoms with E-state index in [0.29, 0.717) is 52.7 Å². The Morgan fingerprint density at radius 1 is 0.773 bits per heavy atom. The third-order valence-corrected chi connectivity index (χ3v) is 2.60. The van der Waals surface area contributed by atoms with E-state index >= 15 is 0 Å². The lowest BCUT2D eigenvalue weighted by molar-refractivity contribution is -0.138. The monoisotopic (exact) mass is 324 g/mol. The molecule has 0 aromatic rings. The molecule has 0 aliphatic heterocycles. The number of carboxylic acid groups (broad SMARTS) is 1. The number of rotatable bonds is 17. The third-order valence-electron chi connectivity index (χ3n) is 2.60. The van der Waals surface area contributed by atoms with E-state index in [-0.39, 0.29) is 19.3 Å². The Hall–Kier alpha value is -0.770. The van der Waals surface area contributed by atoms with Gasteiger partial charge in [0.15, 0.2) is 6.29 Å². The zero-order valence-electron chi connectivity index (χ0n) is 13.5. The van der Waals surface area contributed by atoms with Crippen LogP contribution in [0.15, 0.2) is 0 Å². The van der Waals surface area contributed by atoms with Crippen LogP contribution in [0.4, 0.5) is 0 Å². The van der Waals surface area contributed by atoms with Gasteiger partial charge in [-0.1, -0.05) is 0 Å². The lowest BCUT2D eigenvalue weighted by Crippen LogP contribution is -2.17. The van der Waals surface area contributed by atoms with Crippen LogP contribution in [0.1, 0.15) is 12.8 Å². The molecule has 0 fully saturated rings. The Morgan fingerprint density at radius 2 is 1.18 bits per heavy atom. The van der Waals surface area contributed by atoms with Gasteiger partial charge in [0.25, 0.3) is 0 Å². The summed E-state index contributed by atoms with van der Waals surface area (Å²) in [4.78, 5) is 10.2. The van der Waals surface area contributed by atoms with Crippen molar-refractivity contribution in [1.29, 1.82) is 0 Å². The van der Waals surface area contributed by atoms with E-state index in [0.717, 1.165) is 0 Å². The molecule has 0 saturated heterocycles. The summed E-state index contributed by atoms with van der Waals surface area (Å²) in [6.45, 7) is 3.54. The fourth-order valence-corrected chi connectivity index (χ4v) is 1.43. The quantitative estimate of drug-likeness (QED) is 0.306. The van der Waals surface area contributed by atoms with E-state index in [2.05, 4.69) is 0 Å².